The van der Waals surface area contributed by atoms with Gasteiger partial charge in [-0.3, -0.25) is 9.59 Å². The first-order valence-electron chi connectivity index (χ1n) is 9.81. The summed E-state index contributed by atoms with van der Waals surface area (Å²) < 4.78 is 17.2. The van der Waals surface area contributed by atoms with Crippen molar-refractivity contribution in [1.29, 1.82) is 0 Å². The van der Waals surface area contributed by atoms with E-state index in [9.17, 15) is 14.0 Å². The molecule has 0 spiro atoms. The second-order valence-corrected chi connectivity index (χ2v) is 7.38. The zero-order valence-corrected chi connectivity index (χ0v) is 15.8. The van der Waals surface area contributed by atoms with E-state index in [4.69, 9.17) is 0 Å². The third kappa shape index (κ3) is 2.92. The number of carbonyl (C=O) groups is 1. The molecule has 0 bridgehead atoms. The molecular weight excluding hydrogens is 369 g/mol. The molecule has 146 valence electrons. The lowest BCUT2D eigenvalue weighted by atomic mass is 10.0. The second-order valence-electron chi connectivity index (χ2n) is 7.38. The molecule has 4 aromatic rings. The molecule has 5 rings (SSSR count). The Bertz CT molecular complexity index is 1300. The molecule has 0 aliphatic carbocycles. The van der Waals surface area contributed by atoms with Crippen molar-refractivity contribution in [2.24, 2.45) is 0 Å². The molecule has 2 aromatic heterocycles. The van der Waals surface area contributed by atoms with Gasteiger partial charge in [0.25, 0.3) is 5.56 Å². The minimum Gasteiger partial charge on any atom is -0.312 e. The first kappa shape index (κ1) is 17.7. The first-order chi connectivity index (χ1) is 14.1. The number of aryl methyl sites for hydroxylation is 2. The summed E-state index contributed by atoms with van der Waals surface area (Å²) in [7, 11) is 0. The number of aromatic nitrogens is 2. The SMILES string of the molecule is O=C(CCn1c(=O)c2cccn2c2ccc(F)cc21)N1CCCc2ccccc21. The maximum atomic E-state index is 13.9. The molecule has 3 heterocycles. The number of halogens is 1. The van der Waals surface area contributed by atoms with Gasteiger partial charge in [0.15, 0.2) is 0 Å². The topological polar surface area (TPSA) is 46.7 Å². The van der Waals surface area contributed by atoms with Crippen LogP contribution in [0, 0.1) is 5.82 Å². The fraction of sp³-hybridized carbons (Fsp3) is 0.217. The van der Waals surface area contributed by atoms with Crippen molar-refractivity contribution >= 4 is 28.1 Å². The van der Waals surface area contributed by atoms with Gasteiger partial charge in [-0.15, -0.1) is 0 Å². The van der Waals surface area contributed by atoms with Crippen molar-refractivity contribution in [3.63, 3.8) is 0 Å². The molecule has 0 N–H and O–H groups in total. The van der Waals surface area contributed by atoms with Crippen LogP contribution in [0.25, 0.3) is 16.6 Å². The maximum Gasteiger partial charge on any atom is 0.275 e. The Balaban J connectivity index is 1.51. The van der Waals surface area contributed by atoms with Crippen LogP contribution in [0.4, 0.5) is 10.1 Å². The van der Waals surface area contributed by atoms with Crippen molar-refractivity contribution in [2.75, 3.05) is 11.4 Å². The quantitative estimate of drug-likeness (QED) is 0.536. The van der Waals surface area contributed by atoms with Crippen LogP contribution in [-0.2, 0) is 17.8 Å². The molecule has 1 aliphatic rings. The molecule has 1 amide bonds. The largest absolute Gasteiger partial charge is 0.312 e. The maximum absolute atomic E-state index is 13.9. The average Bonchev–Trinajstić information content (AvgIpc) is 3.23. The van der Waals surface area contributed by atoms with Crippen LogP contribution in [0.5, 0.6) is 0 Å². The van der Waals surface area contributed by atoms with Crippen molar-refractivity contribution in [3.8, 4) is 0 Å². The van der Waals surface area contributed by atoms with Crippen LogP contribution >= 0.6 is 0 Å². The Morgan fingerprint density at radius 3 is 2.76 bits per heavy atom. The standard InChI is InChI=1S/C23H20FN3O2/c24-17-9-10-19-21(15-17)27(23(29)20-8-4-12-25(19)20)14-11-22(28)26-13-3-6-16-5-1-2-7-18(16)26/h1-2,4-5,7-10,12,15H,3,6,11,13-14H2. The highest BCUT2D eigenvalue weighted by Crippen LogP contribution is 2.27. The third-order valence-corrected chi connectivity index (χ3v) is 5.66. The Hall–Kier alpha value is -3.41. The Morgan fingerprint density at radius 2 is 1.86 bits per heavy atom. The van der Waals surface area contributed by atoms with Gasteiger partial charge < -0.3 is 13.9 Å². The molecule has 0 radical (unpaired) electrons. The molecule has 29 heavy (non-hydrogen) atoms. The molecule has 0 saturated carbocycles. The normalized spacial score (nSPS) is 13.8. The minimum atomic E-state index is -0.409. The number of fused-ring (bicyclic) bond motifs is 4. The number of carbonyl (C=O) groups excluding carboxylic acids is 1. The zero-order valence-electron chi connectivity index (χ0n) is 15.8. The number of rotatable bonds is 3. The van der Waals surface area contributed by atoms with Crippen molar-refractivity contribution in [1.82, 2.24) is 8.97 Å². The zero-order chi connectivity index (χ0) is 20.0. The summed E-state index contributed by atoms with van der Waals surface area (Å²) in [5, 5.41) is 0. The van der Waals surface area contributed by atoms with E-state index < -0.39 is 5.82 Å². The number of anilines is 1. The van der Waals surface area contributed by atoms with E-state index in [0.717, 1.165) is 24.0 Å². The fourth-order valence-electron chi connectivity index (χ4n) is 4.29. The Kier molecular flexibility index (Phi) is 4.19. The minimum absolute atomic E-state index is 0.0242. The molecule has 0 fully saturated rings. The summed E-state index contributed by atoms with van der Waals surface area (Å²) in [6.45, 7) is 0.885. The first-order valence-corrected chi connectivity index (χ1v) is 9.81. The number of benzene rings is 2. The molecule has 5 nitrogen and oxygen atoms in total. The lowest BCUT2D eigenvalue weighted by Crippen LogP contribution is -2.36. The van der Waals surface area contributed by atoms with Crippen molar-refractivity contribution < 1.29 is 9.18 Å². The third-order valence-electron chi connectivity index (χ3n) is 5.66. The van der Waals surface area contributed by atoms with Crippen LogP contribution in [0.1, 0.15) is 18.4 Å². The summed E-state index contributed by atoms with van der Waals surface area (Å²) in [5.41, 5.74) is 3.65. The number of hydrogen-bond donors (Lipinski definition) is 0. The molecular formula is C23H20FN3O2. The van der Waals surface area contributed by atoms with Gasteiger partial charge in [0.2, 0.25) is 5.91 Å². The van der Waals surface area contributed by atoms with Gasteiger partial charge in [-0.25, -0.2) is 4.39 Å². The van der Waals surface area contributed by atoms with E-state index in [1.54, 1.807) is 28.8 Å². The smallest absolute Gasteiger partial charge is 0.275 e. The van der Waals surface area contributed by atoms with Crippen LogP contribution in [-0.4, -0.2) is 21.4 Å². The van der Waals surface area contributed by atoms with Crippen LogP contribution in [0.15, 0.2) is 65.6 Å². The highest BCUT2D eigenvalue weighted by atomic mass is 19.1. The van der Waals surface area contributed by atoms with Gasteiger partial charge in [-0.2, -0.15) is 0 Å². The van der Waals surface area contributed by atoms with Gasteiger partial charge in [0, 0.05) is 31.4 Å². The molecule has 2 aromatic carbocycles. The summed E-state index contributed by atoms with van der Waals surface area (Å²) in [5.74, 6) is -0.433. The molecule has 0 atom stereocenters. The molecule has 1 aliphatic heterocycles. The predicted molar refractivity (Wildman–Crippen MR) is 111 cm³/mol. The van der Waals surface area contributed by atoms with Gasteiger partial charge in [0.05, 0.1) is 11.0 Å². The van der Waals surface area contributed by atoms with Crippen LogP contribution in [0.3, 0.4) is 0 Å². The average molecular weight is 389 g/mol. The van der Waals surface area contributed by atoms with E-state index in [1.807, 2.05) is 23.1 Å². The number of nitrogens with zero attached hydrogens (tertiary/aromatic N) is 3. The van der Waals surface area contributed by atoms with Gasteiger partial charge in [0.1, 0.15) is 11.3 Å². The molecule has 0 saturated heterocycles. The van der Waals surface area contributed by atoms with Gasteiger partial charge in [-0.05, 0) is 54.8 Å². The van der Waals surface area contributed by atoms with Gasteiger partial charge in [-0.1, -0.05) is 18.2 Å². The summed E-state index contributed by atoms with van der Waals surface area (Å²) >= 11 is 0. The predicted octanol–water partition coefficient (Wildman–Crippen LogP) is 3.76. The molecule has 6 heteroatoms. The van der Waals surface area contributed by atoms with Crippen molar-refractivity contribution in [2.45, 2.75) is 25.8 Å². The lowest BCUT2D eigenvalue weighted by Gasteiger charge is -2.29. The molecule has 0 unspecified atom stereocenters. The number of hydrogen-bond acceptors (Lipinski definition) is 2. The number of amides is 1. The Labute approximate surface area is 166 Å². The number of para-hydroxylation sites is 1. The van der Waals surface area contributed by atoms with Crippen molar-refractivity contribution in [3.05, 3.63) is 82.5 Å². The monoisotopic (exact) mass is 389 g/mol. The summed E-state index contributed by atoms with van der Waals surface area (Å²) in [4.78, 5) is 27.8. The second kappa shape index (κ2) is 6.88. The highest BCUT2D eigenvalue weighted by Gasteiger charge is 2.22. The van der Waals surface area contributed by atoms with E-state index in [1.165, 1.54) is 22.3 Å². The highest BCUT2D eigenvalue weighted by molar-refractivity contribution is 5.94. The van der Waals surface area contributed by atoms with E-state index in [0.29, 0.717) is 17.6 Å². The van der Waals surface area contributed by atoms with Crippen LogP contribution < -0.4 is 10.5 Å². The summed E-state index contributed by atoms with van der Waals surface area (Å²) in [6, 6.07) is 15.9. The fourth-order valence-corrected chi connectivity index (χ4v) is 4.29. The Morgan fingerprint density at radius 1 is 1.00 bits per heavy atom. The summed E-state index contributed by atoms with van der Waals surface area (Å²) in [6.07, 6.45) is 3.86. The van der Waals surface area contributed by atoms with E-state index >= 15 is 0 Å². The van der Waals surface area contributed by atoms with Gasteiger partial charge >= 0.3 is 0 Å². The van der Waals surface area contributed by atoms with E-state index in [-0.39, 0.29) is 24.4 Å². The van der Waals surface area contributed by atoms with E-state index in [2.05, 4.69) is 6.07 Å². The lowest BCUT2D eigenvalue weighted by molar-refractivity contribution is -0.118. The van der Waals surface area contributed by atoms with Crippen LogP contribution in [0.2, 0.25) is 0 Å².